The van der Waals surface area contributed by atoms with Gasteiger partial charge in [-0.15, -0.1) is 0 Å². The van der Waals surface area contributed by atoms with Gasteiger partial charge in [-0.3, -0.25) is 4.79 Å². The van der Waals surface area contributed by atoms with E-state index in [1.54, 1.807) is 0 Å². The lowest BCUT2D eigenvalue weighted by atomic mass is 10.1. The highest BCUT2D eigenvalue weighted by Crippen LogP contribution is 2.36. The Kier molecular flexibility index (Phi) is 5.89. The third-order valence-corrected chi connectivity index (χ3v) is 3.79. The van der Waals surface area contributed by atoms with Crippen LogP contribution in [0.4, 0.5) is 18.9 Å². The van der Waals surface area contributed by atoms with E-state index in [2.05, 4.69) is 5.32 Å². The van der Waals surface area contributed by atoms with Gasteiger partial charge < -0.3 is 5.32 Å². The van der Waals surface area contributed by atoms with Crippen molar-refractivity contribution in [1.82, 2.24) is 0 Å². The Balaban J connectivity index is 1.94. The summed E-state index contributed by atoms with van der Waals surface area (Å²) >= 11 is 5.61. The Morgan fingerprint density at radius 1 is 1.12 bits per heavy atom. The van der Waals surface area contributed by atoms with Gasteiger partial charge in [-0.2, -0.15) is 13.2 Å². The van der Waals surface area contributed by atoms with Gasteiger partial charge in [-0.05, 0) is 43.5 Å². The van der Waals surface area contributed by atoms with Crippen LogP contribution >= 0.6 is 11.6 Å². The maximum absolute atomic E-state index is 13.0. The van der Waals surface area contributed by atoms with Crippen LogP contribution in [0.15, 0.2) is 42.5 Å². The standard InChI is InChI=1S/C18H17ClF3NO/c1-12-5-7-13(8-6-12)3-2-4-17(24)23-16-10-9-14(19)11-15(16)18(20,21)22/h5-11H,2-4H2,1H3,(H,23,24). The smallest absolute Gasteiger partial charge is 0.326 e. The summed E-state index contributed by atoms with van der Waals surface area (Å²) in [7, 11) is 0. The fourth-order valence-electron chi connectivity index (χ4n) is 2.28. The quantitative estimate of drug-likeness (QED) is 0.740. The van der Waals surface area contributed by atoms with Crippen LogP contribution in [0.1, 0.15) is 29.5 Å². The number of carbonyl (C=O) groups is 1. The first-order chi connectivity index (χ1) is 11.3. The molecule has 24 heavy (non-hydrogen) atoms. The molecule has 2 aromatic rings. The highest BCUT2D eigenvalue weighted by atomic mass is 35.5. The highest BCUT2D eigenvalue weighted by Gasteiger charge is 2.34. The number of amides is 1. The third kappa shape index (κ3) is 5.27. The molecule has 0 aliphatic carbocycles. The Morgan fingerprint density at radius 3 is 2.42 bits per heavy atom. The fourth-order valence-corrected chi connectivity index (χ4v) is 2.45. The maximum Gasteiger partial charge on any atom is 0.418 e. The zero-order valence-corrected chi connectivity index (χ0v) is 13.8. The number of hydrogen-bond donors (Lipinski definition) is 1. The van der Waals surface area contributed by atoms with Crippen LogP contribution < -0.4 is 5.32 Å². The summed E-state index contributed by atoms with van der Waals surface area (Å²) in [4.78, 5) is 11.9. The van der Waals surface area contributed by atoms with Gasteiger partial charge in [0.2, 0.25) is 5.91 Å². The van der Waals surface area contributed by atoms with Gasteiger partial charge >= 0.3 is 6.18 Å². The lowest BCUT2D eigenvalue weighted by Crippen LogP contribution is -2.16. The first-order valence-corrected chi connectivity index (χ1v) is 7.85. The summed E-state index contributed by atoms with van der Waals surface area (Å²) in [5.74, 6) is -0.449. The topological polar surface area (TPSA) is 29.1 Å². The van der Waals surface area contributed by atoms with Crippen LogP contribution in [-0.2, 0) is 17.4 Å². The highest BCUT2D eigenvalue weighted by molar-refractivity contribution is 6.30. The number of hydrogen-bond acceptors (Lipinski definition) is 1. The van der Waals surface area contributed by atoms with Crippen LogP contribution in [-0.4, -0.2) is 5.91 Å². The van der Waals surface area contributed by atoms with Gasteiger partial charge in [0.1, 0.15) is 0 Å². The zero-order valence-electron chi connectivity index (χ0n) is 13.1. The summed E-state index contributed by atoms with van der Waals surface area (Å²) < 4.78 is 38.9. The first kappa shape index (κ1) is 18.3. The van der Waals surface area contributed by atoms with E-state index in [1.165, 1.54) is 12.1 Å². The predicted octanol–water partition coefficient (Wildman–Crippen LogP) is 5.63. The second kappa shape index (κ2) is 7.71. The van der Waals surface area contributed by atoms with E-state index in [0.29, 0.717) is 12.8 Å². The summed E-state index contributed by atoms with van der Waals surface area (Å²) in [5.41, 5.74) is 1.03. The van der Waals surface area contributed by atoms with Crippen molar-refractivity contribution in [3.8, 4) is 0 Å². The van der Waals surface area contributed by atoms with Gasteiger partial charge in [0, 0.05) is 11.4 Å². The second-order valence-corrected chi connectivity index (χ2v) is 6.01. The van der Waals surface area contributed by atoms with Gasteiger partial charge in [-0.1, -0.05) is 41.4 Å². The lowest BCUT2D eigenvalue weighted by Gasteiger charge is -2.14. The molecule has 1 N–H and O–H groups in total. The minimum atomic E-state index is -4.57. The van der Waals surface area contributed by atoms with Gasteiger partial charge in [0.15, 0.2) is 0 Å². The van der Waals surface area contributed by atoms with Gasteiger partial charge in [0.05, 0.1) is 11.3 Å². The van der Waals surface area contributed by atoms with Crippen molar-refractivity contribution in [2.75, 3.05) is 5.32 Å². The monoisotopic (exact) mass is 355 g/mol. The molecule has 0 heterocycles. The molecule has 0 aromatic heterocycles. The lowest BCUT2D eigenvalue weighted by molar-refractivity contribution is -0.137. The normalized spacial score (nSPS) is 11.4. The van der Waals surface area contributed by atoms with Crippen molar-refractivity contribution in [3.63, 3.8) is 0 Å². The number of nitrogens with one attached hydrogen (secondary N) is 1. The molecule has 128 valence electrons. The molecule has 0 saturated heterocycles. The molecule has 0 radical (unpaired) electrons. The number of alkyl halides is 3. The Hall–Kier alpha value is -2.01. The number of rotatable bonds is 5. The van der Waals surface area contributed by atoms with E-state index in [-0.39, 0.29) is 17.1 Å². The van der Waals surface area contributed by atoms with Crippen LogP contribution in [0.3, 0.4) is 0 Å². The molecule has 0 bridgehead atoms. The molecular formula is C18H17ClF3NO. The molecule has 1 amide bonds. The molecule has 0 spiro atoms. The number of anilines is 1. The second-order valence-electron chi connectivity index (χ2n) is 5.57. The van der Waals surface area contributed by atoms with E-state index >= 15 is 0 Å². The first-order valence-electron chi connectivity index (χ1n) is 7.48. The Labute approximate surface area is 143 Å². The number of benzene rings is 2. The third-order valence-electron chi connectivity index (χ3n) is 3.55. The molecule has 0 fully saturated rings. The number of aryl methyl sites for hydroxylation is 2. The van der Waals surface area contributed by atoms with Crippen molar-refractivity contribution < 1.29 is 18.0 Å². The molecule has 0 aliphatic rings. The molecule has 0 unspecified atom stereocenters. The fraction of sp³-hybridized carbons (Fsp3) is 0.278. The van der Waals surface area contributed by atoms with Gasteiger partial charge in [-0.25, -0.2) is 0 Å². The summed E-state index contributed by atoms with van der Waals surface area (Å²) in [6.07, 6.45) is -3.17. The van der Waals surface area contributed by atoms with Crippen LogP contribution in [0.2, 0.25) is 5.02 Å². The van der Waals surface area contributed by atoms with Crippen molar-refractivity contribution >= 4 is 23.2 Å². The van der Waals surface area contributed by atoms with Crippen LogP contribution in [0.5, 0.6) is 0 Å². The van der Waals surface area contributed by atoms with E-state index < -0.39 is 17.6 Å². The molecule has 2 aromatic carbocycles. The Bertz CT molecular complexity index is 711. The van der Waals surface area contributed by atoms with E-state index in [0.717, 1.165) is 17.2 Å². The molecule has 0 saturated carbocycles. The molecule has 2 nitrogen and oxygen atoms in total. The summed E-state index contributed by atoms with van der Waals surface area (Å²) in [5, 5.41) is 2.29. The maximum atomic E-state index is 13.0. The van der Waals surface area contributed by atoms with E-state index in [9.17, 15) is 18.0 Å². The minimum Gasteiger partial charge on any atom is -0.326 e. The molecule has 0 atom stereocenters. The average Bonchev–Trinajstić information content (AvgIpc) is 2.50. The summed E-state index contributed by atoms with van der Waals surface area (Å²) in [6, 6.07) is 11.2. The Morgan fingerprint density at radius 2 is 1.79 bits per heavy atom. The molecule has 6 heteroatoms. The van der Waals surface area contributed by atoms with Gasteiger partial charge in [0.25, 0.3) is 0 Å². The van der Waals surface area contributed by atoms with Crippen molar-refractivity contribution in [1.29, 1.82) is 0 Å². The molecular weight excluding hydrogens is 339 g/mol. The van der Waals surface area contributed by atoms with Crippen LogP contribution in [0, 0.1) is 6.92 Å². The van der Waals surface area contributed by atoms with Crippen molar-refractivity contribution in [2.24, 2.45) is 0 Å². The summed E-state index contributed by atoms with van der Waals surface area (Å²) in [6.45, 7) is 1.99. The predicted molar refractivity (Wildman–Crippen MR) is 89.2 cm³/mol. The molecule has 0 aliphatic heterocycles. The minimum absolute atomic E-state index is 0.0281. The van der Waals surface area contributed by atoms with Crippen LogP contribution in [0.25, 0.3) is 0 Å². The van der Waals surface area contributed by atoms with E-state index in [1.807, 2.05) is 31.2 Å². The van der Waals surface area contributed by atoms with Crippen molar-refractivity contribution in [3.05, 3.63) is 64.2 Å². The number of carbonyl (C=O) groups excluding carboxylic acids is 1. The zero-order chi connectivity index (χ0) is 17.7. The average molecular weight is 356 g/mol. The SMILES string of the molecule is Cc1ccc(CCCC(=O)Nc2ccc(Cl)cc2C(F)(F)F)cc1. The van der Waals surface area contributed by atoms with Crippen molar-refractivity contribution in [2.45, 2.75) is 32.4 Å². The van der Waals surface area contributed by atoms with E-state index in [4.69, 9.17) is 11.6 Å². The number of halogens is 4. The largest absolute Gasteiger partial charge is 0.418 e. The molecule has 2 rings (SSSR count).